The van der Waals surface area contributed by atoms with Gasteiger partial charge in [0.1, 0.15) is 5.01 Å². The van der Waals surface area contributed by atoms with E-state index >= 15 is 0 Å². The normalized spacial score (nSPS) is 21.2. The van der Waals surface area contributed by atoms with Crippen molar-refractivity contribution in [1.29, 1.82) is 0 Å². The molecule has 1 aliphatic heterocycles. The quantitative estimate of drug-likeness (QED) is 0.865. The number of nitrogens with zero attached hydrogens (tertiary/aromatic N) is 2. The van der Waals surface area contributed by atoms with Gasteiger partial charge < -0.3 is 15.5 Å². The number of hydrogen-bond acceptors (Lipinski definition) is 5. The first-order valence-electron chi connectivity index (χ1n) is 8.36. The summed E-state index contributed by atoms with van der Waals surface area (Å²) in [7, 11) is 0. The smallest absolute Gasteiger partial charge is 0.223 e. The van der Waals surface area contributed by atoms with E-state index in [4.69, 9.17) is 4.98 Å². The molecule has 0 radical (unpaired) electrons. The molecule has 5 nitrogen and oxygen atoms in total. The summed E-state index contributed by atoms with van der Waals surface area (Å²) in [4.78, 5) is 18.9. The highest BCUT2D eigenvalue weighted by Crippen LogP contribution is 2.40. The van der Waals surface area contributed by atoms with Crippen molar-refractivity contribution < 1.29 is 4.79 Å². The minimum atomic E-state index is 0.0165. The summed E-state index contributed by atoms with van der Waals surface area (Å²) in [6, 6.07) is 0. The van der Waals surface area contributed by atoms with Crippen molar-refractivity contribution in [1.82, 2.24) is 20.5 Å². The zero-order valence-corrected chi connectivity index (χ0v) is 14.2. The van der Waals surface area contributed by atoms with Crippen molar-refractivity contribution in [3.8, 4) is 0 Å². The van der Waals surface area contributed by atoms with Gasteiger partial charge in [0.05, 0.1) is 5.54 Å². The highest BCUT2D eigenvalue weighted by Gasteiger charge is 2.37. The van der Waals surface area contributed by atoms with Crippen LogP contribution < -0.4 is 10.6 Å². The number of aromatic nitrogens is 1. The second kappa shape index (κ2) is 7.06. The number of piperazine rings is 1. The van der Waals surface area contributed by atoms with Gasteiger partial charge in [-0.3, -0.25) is 4.79 Å². The fourth-order valence-corrected chi connectivity index (χ4v) is 4.53. The fraction of sp³-hybridized carbons (Fsp3) is 0.750. The third-order valence-electron chi connectivity index (χ3n) is 4.76. The van der Waals surface area contributed by atoms with E-state index in [9.17, 15) is 4.79 Å². The summed E-state index contributed by atoms with van der Waals surface area (Å²) in [6.45, 7) is 6.33. The highest BCUT2D eigenvalue weighted by molar-refractivity contribution is 7.09. The van der Waals surface area contributed by atoms with Crippen LogP contribution in [0.2, 0.25) is 0 Å². The molecule has 2 heterocycles. The molecule has 1 saturated heterocycles. The minimum absolute atomic E-state index is 0.0165. The van der Waals surface area contributed by atoms with Crippen LogP contribution >= 0.6 is 11.3 Å². The summed E-state index contributed by atoms with van der Waals surface area (Å²) in [5.41, 5.74) is 1.12. The van der Waals surface area contributed by atoms with Crippen molar-refractivity contribution >= 4 is 17.2 Å². The molecule has 2 fully saturated rings. The predicted molar refractivity (Wildman–Crippen MR) is 89.1 cm³/mol. The van der Waals surface area contributed by atoms with Crippen molar-refractivity contribution in [3.63, 3.8) is 0 Å². The molecule has 0 aromatic carbocycles. The van der Waals surface area contributed by atoms with Gasteiger partial charge in [0, 0.05) is 50.2 Å². The van der Waals surface area contributed by atoms with Gasteiger partial charge in [-0.1, -0.05) is 12.8 Å². The molecule has 1 aromatic rings. The molecule has 1 aliphatic carbocycles. The summed E-state index contributed by atoms with van der Waals surface area (Å²) >= 11 is 1.76. The van der Waals surface area contributed by atoms with Crippen LogP contribution in [0.3, 0.4) is 0 Å². The molecule has 1 aromatic heterocycles. The van der Waals surface area contributed by atoms with Gasteiger partial charge in [0.2, 0.25) is 5.91 Å². The number of amides is 1. The van der Waals surface area contributed by atoms with E-state index in [0.717, 1.165) is 51.3 Å². The number of carbonyl (C=O) groups excluding carboxylic acids is 1. The van der Waals surface area contributed by atoms with Gasteiger partial charge in [-0.05, 0) is 19.8 Å². The van der Waals surface area contributed by atoms with Gasteiger partial charge in [-0.25, -0.2) is 4.98 Å². The van der Waals surface area contributed by atoms with Gasteiger partial charge in [-0.2, -0.15) is 0 Å². The van der Waals surface area contributed by atoms with Crippen LogP contribution in [-0.4, -0.2) is 48.5 Å². The molecule has 0 bridgehead atoms. The molecule has 0 unspecified atom stereocenters. The van der Waals surface area contributed by atoms with E-state index in [1.807, 2.05) is 4.90 Å². The first-order chi connectivity index (χ1) is 10.7. The van der Waals surface area contributed by atoms with Gasteiger partial charge >= 0.3 is 0 Å². The Morgan fingerprint density at radius 2 is 2.14 bits per heavy atom. The zero-order chi connectivity index (χ0) is 15.4. The Hall–Kier alpha value is -0.980. The third-order valence-corrected chi connectivity index (χ3v) is 5.92. The molecular formula is C16H26N4OS. The molecule has 1 amide bonds. The van der Waals surface area contributed by atoms with E-state index in [-0.39, 0.29) is 11.4 Å². The minimum Gasteiger partial charge on any atom is -0.340 e. The molecule has 2 aliphatic rings. The topological polar surface area (TPSA) is 57.3 Å². The molecule has 122 valence electrons. The lowest BCUT2D eigenvalue weighted by molar-refractivity contribution is -0.131. The van der Waals surface area contributed by atoms with Gasteiger partial charge in [0.15, 0.2) is 0 Å². The molecule has 0 spiro atoms. The van der Waals surface area contributed by atoms with Crippen molar-refractivity contribution in [2.75, 3.05) is 32.7 Å². The molecule has 3 rings (SSSR count). The maximum Gasteiger partial charge on any atom is 0.223 e. The Morgan fingerprint density at radius 3 is 2.77 bits per heavy atom. The Kier molecular flexibility index (Phi) is 5.10. The van der Waals surface area contributed by atoms with E-state index in [1.54, 1.807) is 11.3 Å². The Labute approximate surface area is 136 Å². The number of hydrogen-bond donors (Lipinski definition) is 2. The molecule has 0 atom stereocenters. The molecule has 2 N–H and O–H groups in total. The lowest BCUT2D eigenvalue weighted by Crippen LogP contribution is -2.48. The molecule has 6 heteroatoms. The third kappa shape index (κ3) is 3.50. The summed E-state index contributed by atoms with van der Waals surface area (Å²) < 4.78 is 0. The molecule has 1 saturated carbocycles. The van der Waals surface area contributed by atoms with E-state index in [0.29, 0.717) is 6.42 Å². The molecule has 22 heavy (non-hydrogen) atoms. The van der Waals surface area contributed by atoms with Crippen LogP contribution in [0.25, 0.3) is 0 Å². The van der Waals surface area contributed by atoms with Gasteiger partial charge in [-0.15, -0.1) is 11.3 Å². The number of nitrogens with one attached hydrogen (secondary N) is 2. The van der Waals surface area contributed by atoms with E-state index in [1.165, 1.54) is 17.8 Å². The van der Waals surface area contributed by atoms with Crippen molar-refractivity contribution in [2.24, 2.45) is 0 Å². The van der Waals surface area contributed by atoms with E-state index in [2.05, 4.69) is 22.9 Å². The number of aryl methyl sites for hydroxylation is 1. The largest absolute Gasteiger partial charge is 0.340 e. The van der Waals surface area contributed by atoms with Crippen LogP contribution in [0.1, 0.15) is 42.8 Å². The van der Waals surface area contributed by atoms with Crippen LogP contribution in [0.15, 0.2) is 5.38 Å². The average Bonchev–Trinajstić information content (AvgIpc) is 3.18. The summed E-state index contributed by atoms with van der Waals surface area (Å²) in [5, 5.41) is 10.3. The zero-order valence-electron chi connectivity index (χ0n) is 13.4. The SMILES string of the molecule is Cc1csc(C2(NCCC(=O)N3CCNCC3)CCCC2)n1. The first kappa shape index (κ1) is 15.9. The maximum absolute atomic E-state index is 12.3. The maximum atomic E-state index is 12.3. The number of thiazole rings is 1. The number of carbonyl (C=O) groups is 1. The second-order valence-corrected chi connectivity index (χ2v) is 7.25. The lowest BCUT2D eigenvalue weighted by atomic mass is 9.98. The lowest BCUT2D eigenvalue weighted by Gasteiger charge is -2.30. The van der Waals surface area contributed by atoms with Crippen LogP contribution in [0.4, 0.5) is 0 Å². The number of rotatable bonds is 5. The summed E-state index contributed by atoms with van der Waals surface area (Å²) in [5.74, 6) is 0.275. The Morgan fingerprint density at radius 1 is 1.41 bits per heavy atom. The second-order valence-electron chi connectivity index (χ2n) is 6.39. The molecular weight excluding hydrogens is 296 g/mol. The Bertz CT molecular complexity index is 504. The fourth-order valence-electron chi connectivity index (χ4n) is 3.50. The average molecular weight is 322 g/mol. The van der Waals surface area contributed by atoms with Gasteiger partial charge in [0.25, 0.3) is 0 Å². The van der Waals surface area contributed by atoms with Crippen molar-refractivity contribution in [3.05, 3.63) is 16.1 Å². The summed E-state index contributed by atoms with van der Waals surface area (Å²) in [6.07, 6.45) is 5.37. The first-order valence-corrected chi connectivity index (χ1v) is 9.24. The Balaban J connectivity index is 1.55. The standard InChI is InChI=1S/C16H26N4OS/c1-13-12-22-15(19-13)16(5-2-3-6-16)18-7-4-14(21)20-10-8-17-9-11-20/h12,17-18H,2-11H2,1H3. The van der Waals surface area contributed by atoms with Crippen LogP contribution in [0.5, 0.6) is 0 Å². The van der Waals surface area contributed by atoms with Crippen LogP contribution in [0, 0.1) is 6.92 Å². The van der Waals surface area contributed by atoms with Crippen molar-refractivity contribution in [2.45, 2.75) is 44.6 Å². The monoisotopic (exact) mass is 322 g/mol. The highest BCUT2D eigenvalue weighted by atomic mass is 32.1. The van der Waals surface area contributed by atoms with Crippen LogP contribution in [-0.2, 0) is 10.3 Å². The predicted octanol–water partition coefficient (Wildman–Crippen LogP) is 1.63. The van der Waals surface area contributed by atoms with E-state index < -0.39 is 0 Å².